The largest absolute Gasteiger partial charge is 0.323 e. The molecule has 0 amide bonds. The second kappa shape index (κ2) is 4.03. The zero-order chi connectivity index (χ0) is 10.8. The smallest absolute Gasteiger partial charge is 0.137 e. The van der Waals surface area contributed by atoms with Crippen LogP contribution in [0.25, 0.3) is 5.65 Å². The van der Waals surface area contributed by atoms with Crippen molar-refractivity contribution < 1.29 is 0 Å². The van der Waals surface area contributed by atoms with Gasteiger partial charge in [0.2, 0.25) is 0 Å². The monoisotopic (exact) mass is 203 g/mol. The SMILES string of the molecule is CCCC(N)c1cnc2cccc(C)n12. The Morgan fingerprint density at radius 2 is 2.27 bits per heavy atom. The molecule has 80 valence electrons. The molecule has 3 nitrogen and oxygen atoms in total. The molecule has 0 saturated carbocycles. The van der Waals surface area contributed by atoms with Gasteiger partial charge < -0.3 is 5.73 Å². The molecule has 0 radical (unpaired) electrons. The van der Waals surface area contributed by atoms with Crippen LogP contribution < -0.4 is 5.73 Å². The standard InChI is InChI=1S/C12H17N3/c1-3-5-10(13)11-8-14-12-7-4-6-9(2)15(11)12/h4,6-8,10H,3,5,13H2,1-2H3. The first-order valence-corrected chi connectivity index (χ1v) is 5.42. The highest BCUT2D eigenvalue weighted by atomic mass is 15.0. The highest BCUT2D eigenvalue weighted by Crippen LogP contribution is 2.18. The minimum atomic E-state index is 0.0890. The molecular formula is C12H17N3. The van der Waals surface area contributed by atoms with Crippen LogP contribution in [0, 0.1) is 6.92 Å². The number of rotatable bonds is 3. The van der Waals surface area contributed by atoms with E-state index in [1.165, 1.54) is 5.69 Å². The van der Waals surface area contributed by atoms with Gasteiger partial charge in [0.05, 0.1) is 11.9 Å². The van der Waals surface area contributed by atoms with Crippen LogP contribution in [0.3, 0.4) is 0 Å². The molecule has 0 aliphatic rings. The molecule has 0 aliphatic carbocycles. The van der Waals surface area contributed by atoms with Crippen molar-refractivity contribution in [3.05, 3.63) is 35.8 Å². The first kappa shape index (κ1) is 10.2. The predicted molar refractivity (Wildman–Crippen MR) is 61.8 cm³/mol. The van der Waals surface area contributed by atoms with E-state index in [1.54, 1.807) is 0 Å². The van der Waals surface area contributed by atoms with Crippen LogP contribution in [-0.2, 0) is 0 Å². The second-order valence-electron chi connectivity index (χ2n) is 3.94. The summed E-state index contributed by atoms with van der Waals surface area (Å²) in [6.45, 7) is 4.23. The molecule has 2 aromatic heterocycles. The van der Waals surface area contributed by atoms with Crippen LogP contribution in [0.2, 0.25) is 0 Å². The van der Waals surface area contributed by atoms with Gasteiger partial charge in [-0.05, 0) is 25.5 Å². The van der Waals surface area contributed by atoms with E-state index < -0.39 is 0 Å². The average Bonchev–Trinajstić information content (AvgIpc) is 2.63. The molecule has 0 aromatic carbocycles. The lowest BCUT2D eigenvalue weighted by Crippen LogP contribution is -2.13. The Labute approximate surface area is 89.9 Å². The van der Waals surface area contributed by atoms with Gasteiger partial charge in [0.25, 0.3) is 0 Å². The van der Waals surface area contributed by atoms with Crippen molar-refractivity contribution >= 4 is 5.65 Å². The van der Waals surface area contributed by atoms with Gasteiger partial charge in [-0.2, -0.15) is 0 Å². The number of aryl methyl sites for hydroxylation is 1. The van der Waals surface area contributed by atoms with Gasteiger partial charge in [0.1, 0.15) is 5.65 Å². The number of fused-ring (bicyclic) bond motifs is 1. The summed E-state index contributed by atoms with van der Waals surface area (Å²) in [5.41, 5.74) is 9.41. The number of hydrogen-bond donors (Lipinski definition) is 1. The summed E-state index contributed by atoms with van der Waals surface area (Å²) in [5, 5.41) is 0. The summed E-state index contributed by atoms with van der Waals surface area (Å²) in [4.78, 5) is 4.37. The second-order valence-corrected chi connectivity index (χ2v) is 3.94. The van der Waals surface area contributed by atoms with Crippen LogP contribution in [0.1, 0.15) is 37.2 Å². The number of nitrogens with two attached hydrogens (primary N) is 1. The molecule has 15 heavy (non-hydrogen) atoms. The molecule has 0 fully saturated rings. The number of nitrogens with zero attached hydrogens (tertiary/aromatic N) is 2. The molecule has 0 bridgehead atoms. The Morgan fingerprint density at radius 3 is 3.00 bits per heavy atom. The first-order valence-electron chi connectivity index (χ1n) is 5.42. The Balaban J connectivity index is 2.52. The van der Waals surface area contributed by atoms with Gasteiger partial charge in [-0.15, -0.1) is 0 Å². The number of pyridine rings is 1. The van der Waals surface area contributed by atoms with E-state index in [0.29, 0.717) is 0 Å². The van der Waals surface area contributed by atoms with Crippen molar-refractivity contribution in [2.75, 3.05) is 0 Å². The van der Waals surface area contributed by atoms with E-state index in [1.807, 2.05) is 18.3 Å². The van der Waals surface area contributed by atoms with Crippen molar-refractivity contribution in [2.24, 2.45) is 5.73 Å². The lowest BCUT2D eigenvalue weighted by molar-refractivity contribution is 0.615. The summed E-state index contributed by atoms with van der Waals surface area (Å²) < 4.78 is 2.14. The van der Waals surface area contributed by atoms with Crippen molar-refractivity contribution in [2.45, 2.75) is 32.7 Å². The van der Waals surface area contributed by atoms with Crippen LogP contribution in [-0.4, -0.2) is 9.38 Å². The third-order valence-corrected chi connectivity index (χ3v) is 2.73. The van der Waals surface area contributed by atoms with Crippen molar-refractivity contribution in [3.63, 3.8) is 0 Å². The zero-order valence-corrected chi connectivity index (χ0v) is 9.27. The molecule has 1 unspecified atom stereocenters. The number of hydrogen-bond acceptors (Lipinski definition) is 2. The molecule has 1 atom stereocenters. The van der Waals surface area contributed by atoms with Crippen LogP contribution in [0.4, 0.5) is 0 Å². The molecule has 3 heteroatoms. The predicted octanol–water partition coefficient (Wildman–Crippen LogP) is 2.44. The summed E-state index contributed by atoms with van der Waals surface area (Å²) in [6, 6.07) is 6.20. The first-order chi connectivity index (χ1) is 7.24. The molecule has 2 aromatic rings. The third-order valence-electron chi connectivity index (χ3n) is 2.73. The Morgan fingerprint density at radius 1 is 1.47 bits per heavy atom. The van der Waals surface area contributed by atoms with Gasteiger partial charge in [-0.1, -0.05) is 19.4 Å². The maximum absolute atomic E-state index is 6.12. The highest BCUT2D eigenvalue weighted by Gasteiger charge is 2.11. The van der Waals surface area contributed by atoms with Crippen LogP contribution >= 0.6 is 0 Å². The fraction of sp³-hybridized carbons (Fsp3) is 0.417. The van der Waals surface area contributed by atoms with Crippen molar-refractivity contribution in [3.8, 4) is 0 Å². The topological polar surface area (TPSA) is 43.3 Å². The quantitative estimate of drug-likeness (QED) is 0.832. The van der Waals surface area contributed by atoms with E-state index in [0.717, 1.165) is 24.2 Å². The van der Waals surface area contributed by atoms with Gasteiger partial charge in [0.15, 0.2) is 0 Å². The summed E-state index contributed by atoms with van der Waals surface area (Å²) in [6.07, 6.45) is 3.99. The van der Waals surface area contributed by atoms with Gasteiger partial charge in [-0.25, -0.2) is 4.98 Å². The summed E-state index contributed by atoms with van der Waals surface area (Å²) in [5.74, 6) is 0. The van der Waals surface area contributed by atoms with Crippen molar-refractivity contribution in [1.82, 2.24) is 9.38 Å². The van der Waals surface area contributed by atoms with Crippen molar-refractivity contribution in [1.29, 1.82) is 0 Å². The van der Waals surface area contributed by atoms with E-state index in [2.05, 4.69) is 29.3 Å². The minimum absolute atomic E-state index is 0.0890. The van der Waals surface area contributed by atoms with E-state index in [4.69, 9.17) is 5.73 Å². The Kier molecular flexibility index (Phi) is 2.73. The van der Waals surface area contributed by atoms with Gasteiger partial charge in [0, 0.05) is 11.7 Å². The fourth-order valence-electron chi connectivity index (χ4n) is 1.95. The van der Waals surface area contributed by atoms with E-state index in [-0.39, 0.29) is 6.04 Å². The molecule has 0 aliphatic heterocycles. The maximum Gasteiger partial charge on any atom is 0.137 e. The minimum Gasteiger partial charge on any atom is -0.323 e. The summed E-state index contributed by atoms with van der Waals surface area (Å²) in [7, 11) is 0. The maximum atomic E-state index is 6.12. The van der Waals surface area contributed by atoms with E-state index in [9.17, 15) is 0 Å². The summed E-state index contributed by atoms with van der Waals surface area (Å²) >= 11 is 0. The molecule has 2 N–H and O–H groups in total. The molecular weight excluding hydrogens is 186 g/mol. The number of aromatic nitrogens is 2. The zero-order valence-electron chi connectivity index (χ0n) is 9.27. The molecule has 0 spiro atoms. The van der Waals surface area contributed by atoms with Gasteiger partial charge in [-0.3, -0.25) is 4.40 Å². The normalized spacial score (nSPS) is 13.3. The van der Waals surface area contributed by atoms with Crippen LogP contribution in [0.15, 0.2) is 24.4 Å². The fourth-order valence-corrected chi connectivity index (χ4v) is 1.95. The lowest BCUT2D eigenvalue weighted by Gasteiger charge is -2.11. The molecule has 2 rings (SSSR count). The van der Waals surface area contributed by atoms with E-state index >= 15 is 0 Å². The van der Waals surface area contributed by atoms with Crippen LogP contribution in [0.5, 0.6) is 0 Å². The molecule has 0 saturated heterocycles. The van der Waals surface area contributed by atoms with Gasteiger partial charge >= 0.3 is 0 Å². The highest BCUT2D eigenvalue weighted by molar-refractivity contribution is 5.42. The Hall–Kier alpha value is -1.35. The number of imidazole rings is 1. The third kappa shape index (κ3) is 1.75. The Bertz CT molecular complexity index is 459. The molecule has 2 heterocycles. The lowest BCUT2D eigenvalue weighted by atomic mass is 10.1. The average molecular weight is 203 g/mol.